The minimum absolute atomic E-state index is 0.105. The molecular formula is C35H38N8O3. The summed E-state index contributed by atoms with van der Waals surface area (Å²) < 4.78 is 10.2. The van der Waals surface area contributed by atoms with Crippen molar-refractivity contribution in [1.29, 1.82) is 0 Å². The molecule has 3 aromatic carbocycles. The molecule has 0 unspecified atom stereocenters. The van der Waals surface area contributed by atoms with Gasteiger partial charge in [0.15, 0.2) is 11.2 Å². The number of hydrogen-bond acceptors (Lipinski definition) is 7. The van der Waals surface area contributed by atoms with Gasteiger partial charge in [0.05, 0.1) is 13.2 Å². The third-order valence-electron chi connectivity index (χ3n) is 7.99. The second-order valence-corrected chi connectivity index (χ2v) is 12.6. The SMILES string of the molecule is COCCn1c(=O)c2c(nc(CC(C)(C)C)n2Cc2ccc(-c3ccccc3-c3nn[nH]n3)cc2)n(CCc2ccccc2)c1=O. The van der Waals surface area contributed by atoms with Gasteiger partial charge in [0.2, 0.25) is 5.82 Å². The number of aryl methyl sites for hydroxylation is 2. The summed E-state index contributed by atoms with van der Waals surface area (Å²) in [7, 11) is 1.56. The van der Waals surface area contributed by atoms with E-state index < -0.39 is 0 Å². The predicted molar refractivity (Wildman–Crippen MR) is 178 cm³/mol. The van der Waals surface area contributed by atoms with Crippen molar-refractivity contribution < 1.29 is 4.74 Å². The lowest BCUT2D eigenvalue weighted by atomic mass is 9.92. The minimum atomic E-state index is -0.373. The maximum Gasteiger partial charge on any atom is 0.332 e. The van der Waals surface area contributed by atoms with Crippen LogP contribution in [0.2, 0.25) is 0 Å². The molecular weight excluding hydrogens is 580 g/mol. The Morgan fingerprint density at radius 3 is 2.20 bits per heavy atom. The number of aromatic nitrogens is 8. The van der Waals surface area contributed by atoms with Crippen LogP contribution < -0.4 is 11.2 Å². The molecule has 3 heterocycles. The lowest BCUT2D eigenvalue weighted by Gasteiger charge is -2.19. The number of aromatic amines is 1. The molecule has 46 heavy (non-hydrogen) atoms. The summed E-state index contributed by atoms with van der Waals surface area (Å²) in [5.74, 6) is 1.29. The van der Waals surface area contributed by atoms with E-state index in [1.165, 1.54) is 4.57 Å². The Morgan fingerprint density at radius 1 is 0.804 bits per heavy atom. The molecule has 6 rings (SSSR count). The van der Waals surface area contributed by atoms with Crippen LogP contribution in [0.4, 0.5) is 0 Å². The van der Waals surface area contributed by atoms with Gasteiger partial charge in [-0.1, -0.05) is 99.6 Å². The number of hydrogen-bond donors (Lipinski definition) is 1. The summed E-state index contributed by atoms with van der Waals surface area (Å²) in [4.78, 5) is 32.9. The highest BCUT2D eigenvalue weighted by atomic mass is 16.5. The maximum absolute atomic E-state index is 14.1. The zero-order valence-corrected chi connectivity index (χ0v) is 26.6. The van der Waals surface area contributed by atoms with Crippen molar-refractivity contribution in [2.24, 2.45) is 5.41 Å². The number of nitrogens with one attached hydrogen (secondary N) is 1. The Kier molecular flexibility index (Phi) is 8.76. The fourth-order valence-electron chi connectivity index (χ4n) is 5.76. The van der Waals surface area contributed by atoms with Gasteiger partial charge in [0.1, 0.15) is 5.82 Å². The van der Waals surface area contributed by atoms with E-state index in [-0.39, 0.29) is 29.8 Å². The first kappa shape index (κ1) is 30.8. The third-order valence-corrected chi connectivity index (χ3v) is 7.99. The quantitative estimate of drug-likeness (QED) is 0.223. The minimum Gasteiger partial charge on any atom is -0.383 e. The monoisotopic (exact) mass is 618 g/mol. The van der Waals surface area contributed by atoms with Gasteiger partial charge in [0.25, 0.3) is 5.56 Å². The number of imidazole rings is 1. The number of rotatable bonds is 11. The van der Waals surface area contributed by atoms with Crippen molar-refractivity contribution in [3.05, 3.63) is 117 Å². The summed E-state index contributed by atoms with van der Waals surface area (Å²) in [5.41, 5.74) is 4.99. The molecule has 0 aliphatic heterocycles. The van der Waals surface area contributed by atoms with E-state index in [0.717, 1.165) is 33.6 Å². The van der Waals surface area contributed by atoms with E-state index in [1.807, 2.05) is 59.2 Å². The van der Waals surface area contributed by atoms with Crippen LogP contribution in [0.5, 0.6) is 0 Å². The van der Waals surface area contributed by atoms with Crippen molar-refractivity contribution in [2.45, 2.75) is 53.2 Å². The van der Waals surface area contributed by atoms with Gasteiger partial charge >= 0.3 is 5.69 Å². The zero-order chi connectivity index (χ0) is 32.3. The van der Waals surface area contributed by atoms with E-state index in [2.05, 4.69) is 65.7 Å². The lowest BCUT2D eigenvalue weighted by Crippen LogP contribution is -2.41. The molecule has 11 nitrogen and oxygen atoms in total. The largest absolute Gasteiger partial charge is 0.383 e. The van der Waals surface area contributed by atoms with Crippen molar-refractivity contribution in [3.8, 4) is 22.5 Å². The highest BCUT2D eigenvalue weighted by Gasteiger charge is 2.25. The highest BCUT2D eigenvalue weighted by Crippen LogP contribution is 2.30. The number of tetrazole rings is 1. The summed E-state index contributed by atoms with van der Waals surface area (Å²) in [6.07, 6.45) is 1.26. The maximum atomic E-state index is 14.1. The predicted octanol–water partition coefficient (Wildman–Crippen LogP) is 4.73. The first-order valence-electron chi connectivity index (χ1n) is 15.4. The van der Waals surface area contributed by atoms with Crippen LogP contribution in [0.1, 0.15) is 37.7 Å². The van der Waals surface area contributed by atoms with Crippen molar-refractivity contribution >= 4 is 11.2 Å². The van der Waals surface area contributed by atoms with Crippen LogP contribution in [0.3, 0.4) is 0 Å². The Hall–Kier alpha value is -5.16. The molecule has 3 aromatic heterocycles. The molecule has 0 aliphatic rings. The van der Waals surface area contributed by atoms with Gasteiger partial charge in [-0.3, -0.25) is 13.9 Å². The second kappa shape index (κ2) is 13.1. The molecule has 6 aromatic rings. The van der Waals surface area contributed by atoms with Crippen LogP contribution in [-0.4, -0.2) is 53.0 Å². The number of ether oxygens (including phenoxy) is 1. The number of nitrogens with zero attached hydrogens (tertiary/aromatic N) is 7. The first-order valence-corrected chi connectivity index (χ1v) is 15.4. The molecule has 0 aliphatic carbocycles. The number of fused-ring (bicyclic) bond motifs is 1. The fraction of sp³-hybridized carbons (Fsp3) is 0.314. The summed E-state index contributed by atoms with van der Waals surface area (Å²) >= 11 is 0. The van der Waals surface area contributed by atoms with Gasteiger partial charge in [-0.2, -0.15) is 5.21 Å². The van der Waals surface area contributed by atoms with Gasteiger partial charge in [-0.25, -0.2) is 9.78 Å². The molecule has 0 radical (unpaired) electrons. The van der Waals surface area contributed by atoms with Crippen LogP contribution >= 0.6 is 0 Å². The van der Waals surface area contributed by atoms with Crippen LogP contribution in [-0.2, 0) is 37.2 Å². The Labute approximate surface area is 266 Å². The van der Waals surface area contributed by atoms with Crippen molar-refractivity contribution in [3.63, 3.8) is 0 Å². The molecule has 0 atom stereocenters. The molecule has 0 spiro atoms. The lowest BCUT2D eigenvalue weighted by molar-refractivity contribution is 0.184. The Balaban J connectivity index is 1.44. The van der Waals surface area contributed by atoms with E-state index in [1.54, 1.807) is 11.7 Å². The van der Waals surface area contributed by atoms with E-state index in [9.17, 15) is 9.59 Å². The molecule has 0 bridgehead atoms. The molecule has 11 heteroatoms. The van der Waals surface area contributed by atoms with Crippen molar-refractivity contribution in [2.75, 3.05) is 13.7 Å². The van der Waals surface area contributed by atoms with Crippen LogP contribution in [0, 0.1) is 5.41 Å². The Bertz CT molecular complexity index is 2050. The molecule has 0 fully saturated rings. The fourth-order valence-corrected chi connectivity index (χ4v) is 5.76. The standard InChI is InChI=1S/C35H38N8O3/c1-35(2,3)22-29-36-32-30(33(44)42(20-21-46-4)34(45)41(32)19-18-24-10-6-5-7-11-24)43(29)23-25-14-16-26(17-15-25)27-12-8-9-13-28(27)31-37-39-40-38-31/h5-17H,18-23H2,1-4H3,(H,37,38,39,40). The summed E-state index contributed by atoms with van der Waals surface area (Å²) in [6, 6.07) is 26.2. The number of H-pyrrole nitrogens is 1. The molecule has 236 valence electrons. The van der Waals surface area contributed by atoms with Crippen LogP contribution in [0.25, 0.3) is 33.7 Å². The molecule has 0 saturated heterocycles. The molecule has 0 saturated carbocycles. The topological polar surface area (TPSA) is 126 Å². The molecule has 1 N–H and O–H groups in total. The summed E-state index contributed by atoms with van der Waals surface area (Å²) in [6.45, 7) is 7.65. The van der Waals surface area contributed by atoms with E-state index >= 15 is 0 Å². The normalized spacial score (nSPS) is 11.8. The van der Waals surface area contributed by atoms with Gasteiger partial charge in [0, 0.05) is 32.2 Å². The second-order valence-electron chi connectivity index (χ2n) is 12.6. The highest BCUT2D eigenvalue weighted by molar-refractivity contribution is 5.80. The third kappa shape index (κ3) is 6.45. The van der Waals surface area contributed by atoms with E-state index in [4.69, 9.17) is 9.72 Å². The smallest absolute Gasteiger partial charge is 0.332 e. The Morgan fingerprint density at radius 2 is 1.52 bits per heavy atom. The van der Waals surface area contributed by atoms with Gasteiger partial charge < -0.3 is 9.30 Å². The zero-order valence-electron chi connectivity index (χ0n) is 26.6. The molecule has 0 amide bonds. The van der Waals surface area contributed by atoms with Crippen LogP contribution in [0.15, 0.2) is 88.5 Å². The average Bonchev–Trinajstić information content (AvgIpc) is 3.70. The van der Waals surface area contributed by atoms with Gasteiger partial charge in [-0.05, 0) is 39.3 Å². The first-order chi connectivity index (χ1) is 22.2. The van der Waals surface area contributed by atoms with Crippen molar-refractivity contribution in [1.82, 2.24) is 39.3 Å². The van der Waals surface area contributed by atoms with Gasteiger partial charge in [-0.15, -0.1) is 10.2 Å². The number of benzene rings is 3. The average molecular weight is 619 g/mol. The van der Waals surface area contributed by atoms with E-state index in [0.29, 0.717) is 42.9 Å². The summed E-state index contributed by atoms with van der Waals surface area (Å²) in [5, 5.41) is 14.6. The number of methoxy groups -OCH3 is 1.